The smallest absolute Gasteiger partial charge is 0.419 e. The summed E-state index contributed by atoms with van der Waals surface area (Å²) in [7, 11) is 0. The molecule has 2 aromatic rings. The van der Waals surface area contributed by atoms with Crippen molar-refractivity contribution in [2.45, 2.75) is 75.8 Å². The van der Waals surface area contributed by atoms with E-state index in [0.717, 1.165) is 29.5 Å². The Morgan fingerprint density at radius 1 is 1.14 bits per heavy atom. The molecule has 1 aliphatic carbocycles. The van der Waals surface area contributed by atoms with Crippen molar-refractivity contribution in [3.63, 3.8) is 0 Å². The molecule has 198 valence electrons. The van der Waals surface area contributed by atoms with Gasteiger partial charge in [0.2, 0.25) is 5.88 Å². The van der Waals surface area contributed by atoms with Crippen LogP contribution in [-0.2, 0) is 28.5 Å². The van der Waals surface area contributed by atoms with E-state index in [1.165, 1.54) is 0 Å². The summed E-state index contributed by atoms with van der Waals surface area (Å²) in [5.41, 5.74) is 0.470. The number of aryl methyl sites for hydroxylation is 1. The van der Waals surface area contributed by atoms with Crippen LogP contribution in [0.1, 0.15) is 61.0 Å². The number of hydrogen-bond acceptors (Lipinski definition) is 8. The van der Waals surface area contributed by atoms with Crippen molar-refractivity contribution in [3.8, 4) is 5.88 Å². The molecule has 1 aromatic carbocycles. The summed E-state index contributed by atoms with van der Waals surface area (Å²) in [5.74, 6) is -2.81. The Hall–Kier alpha value is -2.54. The predicted octanol–water partition coefficient (Wildman–Crippen LogP) is 3.74. The second-order valence-electron chi connectivity index (χ2n) is 9.14. The number of alkyl halides is 3. The molecule has 2 heterocycles. The van der Waals surface area contributed by atoms with Crippen LogP contribution in [0.15, 0.2) is 29.4 Å². The van der Waals surface area contributed by atoms with Crippen LogP contribution in [-0.4, -0.2) is 57.9 Å². The van der Waals surface area contributed by atoms with Crippen molar-refractivity contribution >= 4 is 0 Å². The van der Waals surface area contributed by atoms with Gasteiger partial charge in [-0.3, -0.25) is 4.68 Å². The van der Waals surface area contributed by atoms with Crippen molar-refractivity contribution in [1.82, 2.24) is 9.78 Å². The van der Waals surface area contributed by atoms with E-state index >= 15 is 0 Å². The molecule has 0 bridgehead atoms. The molecule has 1 saturated carbocycles. The molecule has 4 rings (SSSR count). The third-order valence-electron chi connectivity index (χ3n) is 6.71. The first-order chi connectivity index (χ1) is 17.2. The third-order valence-corrected chi connectivity index (χ3v) is 6.71. The molecule has 0 spiro atoms. The van der Waals surface area contributed by atoms with Crippen molar-refractivity contribution in [2.24, 2.45) is 5.18 Å². The molecule has 1 aliphatic heterocycles. The lowest BCUT2D eigenvalue weighted by Crippen LogP contribution is -2.56. The van der Waals surface area contributed by atoms with Gasteiger partial charge in [0.1, 0.15) is 24.5 Å². The Morgan fingerprint density at radius 2 is 1.78 bits per heavy atom. The zero-order valence-corrected chi connectivity index (χ0v) is 19.9. The van der Waals surface area contributed by atoms with E-state index in [9.17, 15) is 28.3 Å². The number of halogens is 3. The lowest BCUT2D eigenvalue weighted by atomic mass is 10.0. The number of aromatic nitrogens is 2. The second-order valence-corrected chi connectivity index (χ2v) is 9.14. The molecule has 2 N–H and O–H groups in total. The summed E-state index contributed by atoms with van der Waals surface area (Å²) in [6.07, 6.45) is -3.60. The minimum Gasteiger partial charge on any atom is -0.419 e. The lowest BCUT2D eigenvalue weighted by Gasteiger charge is -2.38. The Labute approximate surface area is 206 Å². The van der Waals surface area contributed by atoms with E-state index in [4.69, 9.17) is 14.2 Å². The molecule has 9 nitrogen and oxygen atoms in total. The largest absolute Gasteiger partial charge is 0.433 e. The van der Waals surface area contributed by atoms with Crippen LogP contribution in [0.5, 0.6) is 5.88 Å². The molecule has 12 heteroatoms. The average molecular weight is 514 g/mol. The Morgan fingerprint density at radius 3 is 2.33 bits per heavy atom. The Balaban J connectivity index is 1.78. The minimum absolute atomic E-state index is 0.153. The van der Waals surface area contributed by atoms with Gasteiger partial charge < -0.3 is 24.4 Å². The Bertz CT molecular complexity index is 1040. The van der Waals surface area contributed by atoms with Gasteiger partial charge in [-0.25, -0.2) is 0 Å². The van der Waals surface area contributed by atoms with Gasteiger partial charge in [0.05, 0.1) is 24.8 Å². The summed E-state index contributed by atoms with van der Waals surface area (Å²) in [6.45, 7) is 0.245. The topological polar surface area (TPSA) is 115 Å². The van der Waals surface area contributed by atoms with Gasteiger partial charge in [-0.05, 0) is 30.4 Å². The quantitative estimate of drug-likeness (QED) is 0.491. The molecule has 3 unspecified atom stereocenters. The second kappa shape index (κ2) is 10.8. The van der Waals surface area contributed by atoms with Gasteiger partial charge in [-0.2, -0.15) is 13.2 Å². The highest BCUT2D eigenvalue weighted by Gasteiger charge is 2.49. The minimum atomic E-state index is -4.74. The van der Waals surface area contributed by atoms with Crippen molar-refractivity contribution in [1.29, 1.82) is 0 Å². The molecular weight excluding hydrogens is 483 g/mol. The summed E-state index contributed by atoms with van der Waals surface area (Å²) in [5, 5.41) is 26.1. The highest BCUT2D eigenvalue weighted by molar-refractivity contribution is 5.39. The average Bonchev–Trinajstić information content (AvgIpc) is 3.53. The standard InChI is InChI=1S/C24H30F3N3O6/c1-2-15-7-9-16(10-8-15)11-18-21(24(25,26)27)30(17-5-3-4-6-17)28-22(18)36-23(29-33)14-34-19(12-31)20(13-32)35-23/h7-10,17,19-20,31-32H,2-6,11-14H2,1H3. The van der Waals surface area contributed by atoms with Gasteiger partial charge in [-0.15, -0.1) is 10.0 Å². The van der Waals surface area contributed by atoms with Gasteiger partial charge in [0.15, 0.2) is 0 Å². The fraction of sp³-hybridized carbons (Fsp3) is 0.625. The maximum Gasteiger partial charge on any atom is 0.433 e. The molecule has 1 saturated heterocycles. The molecule has 2 fully saturated rings. The molecule has 0 amide bonds. The van der Waals surface area contributed by atoms with Crippen LogP contribution in [0.3, 0.4) is 0 Å². The normalized spacial score (nSPS) is 25.3. The van der Waals surface area contributed by atoms with Crippen molar-refractivity contribution < 1.29 is 37.6 Å². The summed E-state index contributed by atoms with van der Waals surface area (Å²) in [6, 6.07) is 6.72. The van der Waals surface area contributed by atoms with E-state index in [-0.39, 0.29) is 12.0 Å². The Kier molecular flexibility index (Phi) is 7.98. The highest BCUT2D eigenvalue weighted by atomic mass is 19.4. The number of benzene rings is 1. The maximum atomic E-state index is 14.4. The molecule has 2 aliphatic rings. The van der Waals surface area contributed by atoms with Crippen molar-refractivity contribution in [3.05, 3.63) is 51.6 Å². The number of hydrogen-bond donors (Lipinski definition) is 2. The SMILES string of the molecule is CCc1ccc(Cc2c(OC3(N=O)COC(CO)C(CO)O3)nn(C3CCCC3)c2C(F)(F)F)cc1. The fourth-order valence-corrected chi connectivity index (χ4v) is 4.76. The van der Waals surface area contributed by atoms with Crippen LogP contribution in [0.25, 0.3) is 0 Å². The third kappa shape index (κ3) is 5.41. The first-order valence-electron chi connectivity index (χ1n) is 12.0. The molecule has 1 aromatic heterocycles. The van der Waals surface area contributed by atoms with Gasteiger partial charge in [-0.1, -0.05) is 44.0 Å². The fourth-order valence-electron chi connectivity index (χ4n) is 4.76. The van der Waals surface area contributed by atoms with E-state index in [1.807, 2.05) is 19.1 Å². The summed E-state index contributed by atoms with van der Waals surface area (Å²) < 4.78 is 60.9. The van der Waals surface area contributed by atoms with Crippen LogP contribution in [0.4, 0.5) is 13.2 Å². The number of ether oxygens (including phenoxy) is 3. The van der Waals surface area contributed by atoms with E-state index in [2.05, 4.69) is 10.3 Å². The summed E-state index contributed by atoms with van der Waals surface area (Å²) in [4.78, 5) is 11.8. The number of aliphatic hydroxyl groups is 2. The van der Waals surface area contributed by atoms with Crippen molar-refractivity contribution in [2.75, 3.05) is 19.8 Å². The molecular formula is C24H30F3N3O6. The molecule has 0 radical (unpaired) electrons. The lowest BCUT2D eigenvalue weighted by molar-refractivity contribution is -0.311. The number of aliphatic hydroxyl groups excluding tert-OH is 2. The molecule has 36 heavy (non-hydrogen) atoms. The van der Waals surface area contributed by atoms with Crippen LogP contribution in [0, 0.1) is 4.91 Å². The predicted molar refractivity (Wildman–Crippen MR) is 121 cm³/mol. The first-order valence-corrected chi connectivity index (χ1v) is 12.0. The number of nitrogens with zero attached hydrogens (tertiary/aromatic N) is 3. The first kappa shape index (κ1) is 26.5. The van der Waals surface area contributed by atoms with Gasteiger partial charge >= 0.3 is 12.1 Å². The van der Waals surface area contributed by atoms with Crippen LogP contribution in [0.2, 0.25) is 0 Å². The van der Waals surface area contributed by atoms with E-state index < -0.39 is 61.7 Å². The van der Waals surface area contributed by atoms with Gasteiger partial charge in [0, 0.05) is 11.6 Å². The van der Waals surface area contributed by atoms with E-state index in [0.29, 0.717) is 18.4 Å². The van der Waals surface area contributed by atoms with Gasteiger partial charge in [0.25, 0.3) is 0 Å². The number of nitroso groups, excluding NO2 is 1. The zero-order chi connectivity index (χ0) is 25.9. The monoisotopic (exact) mass is 513 g/mol. The van der Waals surface area contributed by atoms with E-state index in [1.54, 1.807) is 12.1 Å². The summed E-state index contributed by atoms with van der Waals surface area (Å²) >= 11 is 0. The molecule has 3 atom stereocenters. The highest BCUT2D eigenvalue weighted by Crippen LogP contribution is 2.43. The van der Waals surface area contributed by atoms with Crippen LogP contribution < -0.4 is 4.74 Å². The van der Waals surface area contributed by atoms with Crippen LogP contribution >= 0.6 is 0 Å². The zero-order valence-electron chi connectivity index (χ0n) is 19.9. The maximum absolute atomic E-state index is 14.4. The number of rotatable bonds is 9.